The Hall–Kier alpha value is -3.78. The molecule has 0 saturated carbocycles. The van der Waals surface area contributed by atoms with Gasteiger partial charge in [-0.3, -0.25) is 9.79 Å². The number of hydrogen-bond acceptors (Lipinski definition) is 4. The first-order valence-corrected chi connectivity index (χ1v) is 8.57. The lowest BCUT2D eigenvalue weighted by Crippen LogP contribution is -2.16. The number of fused-ring (bicyclic) bond motifs is 1. The highest BCUT2D eigenvalue weighted by atomic mass is 16.1. The summed E-state index contributed by atoms with van der Waals surface area (Å²) in [5.74, 6) is -0.298. The maximum atomic E-state index is 12.6. The molecule has 27 heavy (non-hydrogen) atoms. The van der Waals surface area contributed by atoms with Crippen LogP contribution in [0.3, 0.4) is 0 Å². The number of aromatic nitrogens is 1. The predicted octanol–water partition coefficient (Wildman–Crippen LogP) is 3.87. The zero-order valence-electron chi connectivity index (χ0n) is 14.7. The van der Waals surface area contributed by atoms with Gasteiger partial charge in [0.25, 0.3) is 5.91 Å². The molecule has 1 aliphatic rings. The summed E-state index contributed by atoms with van der Waals surface area (Å²) in [6.45, 7) is 2.41. The first-order valence-electron chi connectivity index (χ1n) is 8.57. The molecule has 0 bridgehead atoms. The molecule has 5 nitrogen and oxygen atoms in total. The molecule has 4 rings (SSSR count). The van der Waals surface area contributed by atoms with Crippen molar-refractivity contribution in [3.8, 4) is 6.07 Å². The molecule has 0 fully saturated rings. The van der Waals surface area contributed by atoms with Gasteiger partial charge in [0.1, 0.15) is 11.8 Å². The van der Waals surface area contributed by atoms with Gasteiger partial charge >= 0.3 is 0 Å². The number of hydrogen-bond donors (Lipinski definition) is 1. The second-order valence-corrected chi connectivity index (χ2v) is 6.36. The number of nitrogens with zero attached hydrogens (tertiary/aromatic N) is 3. The molecule has 1 aliphatic heterocycles. The van der Waals surface area contributed by atoms with Gasteiger partial charge in [-0.1, -0.05) is 36.4 Å². The number of carbonyl (C=O) groups excluding carboxylic acids is 1. The summed E-state index contributed by atoms with van der Waals surface area (Å²) in [5.41, 5.74) is 6.27. The van der Waals surface area contributed by atoms with E-state index in [-0.39, 0.29) is 5.91 Å². The van der Waals surface area contributed by atoms with Crippen LogP contribution < -0.4 is 5.32 Å². The Morgan fingerprint density at radius 2 is 1.96 bits per heavy atom. The van der Waals surface area contributed by atoms with Crippen LogP contribution in [0.4, 0.5) is 5.69 Å². The van der Waals surface area contributed by atoms with Gasteiger partial charge in [-0.15, -0.1) is 0 Å². The third kappa shape index (κ3) is 3.21. The quantitative estimate of drug-likeness (QED) is 0.777. The lowest BCUT2D eigenvalue weighted by Gasteiger charge is -2.10. The van der Waals surface area contributed by atoms with Gasteiger partial charge in [0, 0.05) is 23.0 Å². The summed E-state index contributed by atoms with van der Waals surface area (Å²) in [6.07, 6.45) is 1.41. The maximum absolute atomic E-state index is 12.6. The normalized spacial score (nSPS) is 12.1. The smallest absolute Gasteiger partial charge is 0.274 e. The predicted molar refractivity (Wildman–Crippen MR) is 104 cm³/mol. The SMILES string of the molecule is Cc1cc(C#N)cnc1C(=O)Nc1ccc2c(c1)C(c1ccccc1)=NC2. The highest BCUT2D eigenvalue weighted by Crippen LogP contribution is 2.26. The van der Waals surface area contributed by atoms with Crippen LogP contribution in [0.1, 0.15) is 38.3 Å². The minimum atomic E-state index is -0.298. The molecule has 0 atom stereocenters. The summed E-state index contributed by atoms with van der Waals surface area (Å²) >= 11 is 0. The maximum Gasteiger partial charge on any atom is 0.274 e. The van der Waals surface area contributed by atoms with Crippen LogP contribution in [-0.2, 0) is 6.54 Å². The molecule has 1 amide bonds. The van der Waals surface area contributed by atoms with Gasteiger partial charge < -0.3 is 5.32 Å². The van der Waals surface area contributed by atoms with E-state index in [0.29, 0.717) is 29.1 Å². The number of amides is 1. The van der Waals surface area contributed by atoms with Crippen molar-refractivity contribution in [2.24, 2.45) is 4.99 Å². The molecule has 0 radical (unpaired) electrons. The monoisotopic (exact) mass is 352 g/mol. The van der Waals surface area contributed by atoms with Gasteiger partial charge in [0.15, 0.2) is 0 Å². The number of nitriles is 1. The first-order chi connectivity index (χ1) is 13.2. The molecule has 1 N–H and O–H groups in total. The zero-order chi connectivity index (χ0) is 18.8. The van der Waals surface area contributed by atoms with Gasteiger partial charge in [0.2, 0.25) is 0 Å². The van der Waals surface area contributed by atoms with Gasteiger partial charge in [-0.05, 0) is 36.2 Å². The summed E-state index contributed by atoms with van der Waals surface area (Å²) in [4.78, 5) is 21.4. The average molecular weight is 352 g/mol. The second kappa shape index (κ2) is 6.85. The van der Waals surface area contributed by atoms with Crippen molar-refractivity contribution < 1.29 is 4.79 Å². The Labute approximate surface area is 157 Å². The molecule has 0 spiro atoms. The summed E-state index contributed by atoms with van der Waals surface area (Å²) in [6, 6.07) is 19.5. The van der Waals surface area contributed by atoms with Crippen LogP contribution in [0, 0.1) is 18.3 Å². The fourth-order valence-corrected chi connectivity index (χ4v) is 3.17. The topological polar surface area (TPSA) is 78.1 Å². The van der Waals surface area contributed by atoms with E-state index >= 15 is 0 Å². The van der Waals surface area contributed by atoms with E-state index in [9.17, 15) is 4.79 Å². The third-order valence-corrected chi connectivity index (χ3v) is 4.50. The molecular weight excluding hydrogens is 336 g/mol. The van der Waals surface area contributed by atoms with E-state index in [2.05, 4.69) is 15.3 Å². The van der Waals surface area contributed by atoms with Crippen molar-refractivity contribution in [3.05, 3.63) is 94.3 Å². The van der Waals surface area contributed by atoms with E-state index in [4.69, 9.17) is 5.26 Å². The Morgan fingerprint density at radius 3 is 2.70 bits per heavy atom. The number of aryl methyl sites for hydroxylation is 1. The second-order valence-electron chi connectivity index (χ2n) is 6.36. The Morgan fingerprint density at radius 1 is 1.15 bits per heavy atom. The summed E-state index contributed by atoms with van der Waals surface area (Å²) in [7, 11) is 0. The molecule has 2 heterocycles. The standard InChI is InChI=1S/C22H16N4O/c1-14-9-15(11-23)12-24-20(14)22(27)26-18-8-7-17-13-25-21(19(17)10-18)16-5-3-2-4-6-16/h2-10,12H,13H2,1H3,(H,26,27). The molecule has 2 aromatic carbocycles. The minimum absolute atomic E-state index is 0.298. The molecule has 3 aromatic rings. The van der Waals surface area contributed by atoms with Crippen molar-refractivity contribution in [1.29, 1.82) is 5.26 Å². The number of aliphatic imine (C=N–C) groups is 1. The zero-order valence-corrected chi connectivity index (χ0v) is 14.7. The molecule has 1 aromatic heterocycles. The van der Waals surface area contributed by atoms with Gasteiger partial charge in [0.05, 0.1) is 17.8 Å². The fraction of sp³-hybridized carbons (Fsp3) is 0.0909. The number of nitrogens with one attached hydrogen (secondary N) is 1. The average Bonchev–Trinajstić information content (AvgIpc) is 3.11. The van der Waals surface area contributed by atoms with Crippen LogP contribution in [0.25, 0.3) is 0 Å². The van der Waals surface area contributed by atoms with E-state index in [1.165, 1.54) is 6.20 Å². The molecule has 130 valence electrons. The van der Waals surface area contributed by atoms with Crippen molar-refractivity contribution in [2.75, 3.05) is 5.32 Å². The minimum Gasteiger partial charge on any atom is -0.321 e. The summed E-state index contributed by atoms with van der Waals surface area (Å²) < 4.78 is 0. The molecular formula is C22H16N4O. The fourth-order valence-electron chi connectivity index (χ4n) is 3.17. The highest BCUT2D eigenvalue weighted by molar-refractivity contribution is 6.16. The van der Waals surface area contributed by atoms with Gasteiger partial charge in [-0.2, -0.15) is 5.26 Å². The van der Waals surface area contributed by atoms with E-state index in [0.717, 1.165) is 22.4 Å². The van der Waals surface area contributed by atoms with Crippen LogP contribution in [-0.4, -0.2) is 16.6 Å². The first kappa shape index (κ1) is 16.7. The van der Waals surface area contributed by atoms with Crippen molar-refractivity contribution in [2.45, 2.75) is 13.5 Å². The third-order valence-electron chi connectivity index (χ3n) is 4.50. The van der Waals surface area contributed by atoms with E-state index < -0.39 is 0 Å². The molecule has 0 unspecified atom stereocenters. The molecule has 0 saturated heterocycles. The van der Waals surface area contributed by atoms with Crippen molar-refractivity contribution in [3.63, 3.8) is 0 Å². The van der Waals surface area contributed by atoms with E-state index in [1.54, 1.807) is 13.0 Å². The lowest BCUT2D eigenvalue weighted by molar-refractivity contribution is 0.102. The summed E-state index contributed by atoms with van der Waals surface area (Å²) in [5, 5.41) is 11.8. The van der Waals surface area contributed by atoms with Crippen LogP contribution in [0.5, 0.6) is 0 Å². The number of anilines is 1. The Bertz CT molecular complexity index is 1110. The van der Waals surface area contributed by atoms with E-state index in [1.807, 2.05) is 54.6 Å². The van der Waals surface area contributed by atoms with Gasteiger partial charge in [-0.25, -0.2) is 4.98 Å². The molecule has 5 heteroatoms. The van der Waals surface area contributed by atoms with Crippen molar-refractivity contribution >= 4 is 17.3 Å². The van der Waals surface area contributed by atoms with Crippen LogP contribution in [0.2, 0.25) is 0 Å². The number of pyridine rings is 1. The largest absolute Gasteiger partial charge is 0.321 e. The van der Waals surface area contributed by atoms with Crippen LogP contribution in [0.15, 0.2) is 65.8 Å². The lowest BCUT2D eigenvalue weighted by atomic mass is 9.99. The highest BCUT2D eigenvalue weighted by Gasteiger charge is 2.19. The number of rotatable bonds is 3. The Kier molecular flexibility index (Phi) is 4.23. The number of carbonyl (C=O) groups is 1. The van der Waals surface area contributed by atoms with Crippen molar-refractivity contribution in [1.82, 2.24) is 4.98 Å². The Balaban J connectivity index is 1.61. The van der Waals surface area contributed by atoms with Crippen LogP contribution >= 0.6 is 0 Å². The molecule has 0 aliphatic carbocycles. The number of benzene rings is 2.